The Hall–Kier alpha value is -2.49. The van der Waals surface area contributed by atoms with Crippen LogP contribution in [-0.2, 0) is 25.0 Å². The maximum absolute atomic E-state index is 13.3. The number of sulfone groups is 1. The summed E-state index contributed by atoms with van der Waals surface area (Å²) in [6.07, 6.45) is 2.09. The van der Waals surface area contributed by atoms with Gasteiger partial charge in [0.2, 0.25) is 5.91 Å². The van der Waals surface area contributed by atoms with Crippen LogP contribution in [0, 0.1) is 5.82 Å². The Morgan fingerprint density at radius 1 is 1.26 bits per heavy atom. The van der Waals surface area contributed by atoms with Gasteiger partial charge >= 0.3 is 6.03 Å². The third kappa shape index (κ3) is 4.58. The van der Waals surface area contributed by atoms with Crippen LogP contribution in [0.4, 0.5) is 9.18 Å². The van der Waals surface area contributed by atoms with E-state index in [0.29, 0.717) is 24.9 Å². The first-order valence-corrected chi connectivity index (χ1v) is 12.4. The molecule has 2 heterocycles. The van der Waals surface area contributed by atoms with E-state index in [4.69, 9.17) is 0 Å². The molecule has 170 valence electrons. The fourth-order valence-corrected chi connectivity index (χ4v) is 5.96. The summed E-state index contributed by atoms with van der Waals surface area (Å²) in [5.41, 5.74) is -0.926. The average molecular weight is 454 g/mol. The molecule has 3 rings (SSSR count). The molecule has 2 atom stereocenters. The molecule has 10 heteroatoms. The summed E-state index contributed by atoms with van der Waals surface area (Å²) in [6.45, 7) is 3.59. The van der Waals surface area contributed by atoms with Crippen LogP contribution in [0.2, 0.25) is 0 Å². The van der Waals surface area contributed by atoms with Crippen LogP contribution in [0.15, 0.2) is 24.3 Å². The normalized spacial score (nSPS) is 25.0. The van der Waals surface area contributed by atoms with E-state index < -0.39 is 51.6 Å². The van der Waals surface area contributed by atoms with Crippen LogP contribution >= 0.6 is 0 Å². The zero-order valence-corrected chi connectivity index (χ0v) is 18.6. The highest BCUT2D eigenvalue weighted by molar-refractivity contribution is 7.91. The molecule has 0 aromatic heterocycles. The minimum Gasteiger partial charge on any atom is -0.337 e. The maximum Gasteiger partial charge on any atom is 0.325 e. The van der Waals surface area contributed by atoms with Crippen molar-refractivity contribution in [2.45, 2.75) is 51.1 Å². The van der Waals surface area contributed by atoms with Crippen molar-refractivity contribution in [2.24, 2.45) is 0 Å². The Kier molecular flexibility index (Phi) is 6.68. The number of imide groups is 1. The van der Waals surface area contributed by atoms with Crippen LogP contribution in [-0.4, -0.2) is 66.7 Å². The zero-order chi connectivity index (χ0) is 22.8. The van der Waals surface area contributed by atoms with Gasteiger partial charge in [0, 0.05) is 12.6 Å². The lowest BCUT2D eigenvalue weighted by Gasteiger charge is -2.30. The molecule has 0 aliphatic carbocycles. The van der Waals surface area contributed by atoms with Crippen molar-refractivity contribution in [3.63, 3.8) is 0 Å². The lowest BCUT2D eigenvalue weighted by Crippen LogP contribution is -2.49. The highest BCUT2D eigenvalue weighted by Gasteiger charge is 2.52. The van der Waals surface area contributed by atoms with Gasteiger partial charge in [-0.15, -0.1) is 0 Å². The van der Waals surface area contributed by atoms with E-state index in [1.54, 1.807) is 6.92 Å². The highest BCUT2D eigenvalue weighted by Crippen LogP contribution is 2.32. The van der Waals surface area contributed by atoms with Gasteiger partial charge in [0.05, 0.1) is 11.5 Å². The second-order valence-corrected chi connectivity index (χ2v) is 10.3. The van der Waals surface area contributed by atoms with Gasteiger partial charge in [-0.3, -0.25) is 14.5 Å². The lowest BCUT2D eigenvalue weighted by atomic mass is 9.87. The van der Waals surface area contributed by atoms with Gasteiger partial charge in [0.1, 0.15) is 17.9 Å². The molecular weight excluding hydrogens is 425 g/mol. The van der Waals surface area contributed by atoms with Gasteiger partial charge in [0.25, 0.3) is 5.91 Å². The molecule has 0 radical (unpaired) electrons. The van der Waals surface area contributed by atoms with Crippen molar-refractivity contribution < 1.29 is 27.2 Å². The van der Waals surface area contributed by atoms with Crippen LogP contribution in [0.1, 0.15) is 45.1 Å². The van der Waals surface area contributed by atoms with E-state index in [1.165, 1.54) is 29.2 Å². The zero-order valence-electron chi connectivity index (χ0n) is 17.8. The Morgan fingerprint density at radius 3 is 2.48 bits per heavy atom. The molecule has 8 nitrogen and oxygen atoms in total. The fourth-order valence-electron chi connectivity index (χ4n) is 4.23. The lowest BCUT2D eigenvalue weighted by molar-refractivity contribution is -0.140. The van der Waals surface area contributed by atoms with E-state index in [2.05, 4.69) is 5.32 Å². The monoisotopic (exact) mass is 453 g/mol. The first-order chi connectivity index (χ1) is 14.6. The molecule has 2 fully saturated rings. The van der Waals surface area contributed by atoms with Crippen molar-refractivity contribution in [1.82, 2.24) is 15.1 Å². The Balaban J connectivity index is 1.81. The average Bonchev–Trinajstić information content (AvgIpc) is 3.20. The highest BCUT2D eigenvalue weighted by atomic mass is 32.2. The SMILES string of the molecule is CCCCN(C(=O)CN1C(=O)NC(CC)(c2ccc(F)cc2)C1=O)C1CCS(=O)(=O)C1. The molecule has 0 spiro atoms. The molecule has 0 saturated carbocycles. The van der Waals surface area contributed by atoms with E-state index in [0.717, 1.165) is 11.3 Å². The molecule has 0 bridgehead atoms. The summed E-state index contributed by atoms with van der Waals surface area (Å²) in [5, 5.41) is 2.67. The smallest absolute Gasteiger partial charge is 0.325 e. The predicted octanol–water partition coefficient (Wildman–Crippen LogP) is 1.80. The molecule has 1 aromatic carbocycles. The number of carbonyl (C=O) groups excluding carboxylic acids is 3. The molecule has 2 unspecified atom stereocenters. The van der Waals surface area contributed by atoms with Crippen LogP contribution < -0.4 is 5.32 Å². The topological polar surface area (TPSA) is 104 Å². The second kappa shape index (κ2) is 8.94. The molecule has 4 amide bonds. The van der Waals surface area contributed by atoms with Crippen molar-refractivity contribution >= 4 is 27.7 Å². The van der Waals surface area contributed by atoms with E-state index in [9.17, 15) is 27.2 Å². The number of unbranched alkanes of at least 4 members (excludes halogenated alkanes) is 1. The molecule has 1 aromatic rings. The number of hydrogen-bond acceptors (Lipinski definition) is 5. The van der Waals surface area contributed by atoms with Gasteiger partial charge in [-0.05, 0) is 37.0 Å². The molecule has 2 aliphatic heterocycles. The van der Waals surface area contributed by atoms with Gasteiger partial charge in [-0.1, -0.05) is 32.4 Å². The number of hydrogen-bond donors (Lipinski definition) is 1. The van der Waals surface area contributed by atoms with Gasteiger partial charge < -0.3 is 10.2 Å². The molecular formula is C21H28FN3O5S. The Morgan fingerprint density at radius 2 is 1.94 bits per heavy atom. The number of benzene rings is 1. The first kappa shape index (κ1) is 23.2. The Labute approximate surface area is 181 Å². The third-order valence-corrected chi connectivity index (χ3v) is 7.81. The minimum atomic E-state index is -3.19. The molecule has 1 N–H and O–H groups in total. The van der Waals surface area contributed by atoms with Crippen molar-refractivity contribution in [3.8, 4) is 0 Å². The van der Waals surface area contributed by atoms with Crippen molar-refractivity contribution in [3.05, 3.63) is 35.6 Å². The fraction of sp³-hybridized carbons (Fsp3) is 0.571. The summed E-state index contributed by atoms with van der Waals surface area (Å²) in [4.78, 5) is 41.3. The summed E-state index contributed by atoms with van der Waals surface area (Å²) in [7, 11) is -3.19. The van der Waals surface area contributed by atoms with E-state index in [1.807, 2.05) is 6.92 Å². The van der Waals surface area contributed by atoms with Crippen molar-refractivity contribution in [2.75, 3.05) is 24.6 Å². The largest absolute Gasteiger partial charge is 0.337 e. The number of halogens is 1. The predicted molar refractivity (Wildman–Crippen MR) is 112 cm³/mol. The minimum absolute atomic E-state index is 0.0280. The van der Waals surface area contributed by atoms with Crippen LogP contribution in [0.25, 0.3) is 0 Å². The molecule has 31 heavy (non-hydrogen) atoms. The van der Waals surface area contributed by atoms with E-state index >= 15 is 0 Å². The summed E-state index contributed by atoms with van der Waals surface area (Å²) in [6, 6.07) is 4.18. The number of nitrogens with one attached hydrogen (secondary N) is 1. The molecule has 2 aliphatic rings. The quantitative estimate of drug-likeness (QED) is 0.605. The number of amides is 4. The first-order valence-electron chi connectivity index (χ1n) is 10.5. The Bertz CT molecular complexity index is 966. The number of rotatable bonds is 8. The summed E-state index contributed by atoms with van der Waals surface area (Å²) >= 11 is 0. The van der Waals surface area contributed by atoms with Crippen LogP contribution in [0.3, 0.4) is 0 Å². The summed E-state index contributed by atoms with van der Waals surface area (Å²) in [5.74, 6) is -1.56. The van der Waals surface area contributed by atoms with Crippen molar-refractivity contribution in [1.29, 1.82) is 0 Å². The number of urea groups is 1. The summed E-state index contributed by atoms with van der Waals surface area (Å²) < 4.78 is 37.1. The van der Waals surface area contributed by atoms with Gasteiger partial charge in [-0.2, -0.15) is 0 Å². The number of carbonyl (C=O) groups is 3. The number of nitrogens with zero attached hydrogens (tertiary/aromatic N) is 2. The van der Waals surface area contributed by atoms with Crippen LogP contribution in [0.5, 0.6) is 0 Å². The maximum atomic E-state index is 13.3. The van der Waals surface area contributed by atoms with Gasteiger partial charge in [0.15, 0.2) is 9.84 Å². The molecule has 2 saturated heterocycles. The third-order valence-electron chi connectivity index (χ3n) is 6.06. The van der Waals surface area contributed by atoms with Gasteiger partial charge in [-0.25, -0.2) is 17.6 Å². The second-order valence-electron chi connectivity index (χ2n) is 8.08. The van der Waals surface area contributed by atoms with E-state index in [-0.39, 0.29) is 17.9 Å². The standard InChI is InChI=1S/C21H28FN3O5S/c1-3-5-11-24(17-10-12-31(29,30)14-17)18(26)13-25-19(27)21(4-2,23-20(25)28)15-6-8-16(22)9-7-15/h6-9,17H,3-5,10-14H2,1-2H3,(H,23,28).